The van der Waals surface area contributed by atoms with Gasteiger partial charge in [-0.15, -0.1) is 0 Å². The second kappa shape index (κ2) is 13.4. The summed E-state index contributed by atoms with van der Waals surface area (Å²) in [5.41, 5.74) is 1.20. The van der Waals surface area contributed by atoms with Crippen LogP contribution in [0.15, 0.2) is 65.6 Å². The van der Waals surface area contributed by atoms with Crippen molar-refractivity contribution in [3.63, 3.8) is 0 Å². The normalized spacial score (nSPS) is 17.0. The van der Waals surface area contributed by atoms with Crippen molar-refractivity contribution in [3.8, 4) is 0 Å². The van der Waals surface area contributed by atoms with Gasteiger partial charge < -0.3 is 20.3 Å². The van der Waals surface area contributed by atoms with Gasteiger partial charge in [-0.25, -0.2) is 17.9 Å². The van der Waals surface area contributed by atoms with Crippen LogP contribution < -0.4 is 15.4 Å². The lowest BCUT2D eigenvalue weighted by Gasteiger charge is -2.37. The molecule has 0 bridgehead atoms. The third kappa shape index (κ3) is 7.95. The zero-order chi connectivity index (χ0) is 32.2. The second-order valence-electron chi connectivity index (χ2n) is 12.4. The molecule has 1 heterocycles. The molecule has 44 heavy (non-hydrogen) atoms. The summed E-state index contributed by atoms with van der Waals surface area (Å²) in [6.07, 6.45) is 0.784. The molecule has 0 aromatic heterocycles. The van der Waals surface area contributed by atoms with Gasteiger partial charge in [0, 0.05) is 41.2 Å². The summed E-state index contributed by atoms with van der Waals surface area (Å²) >= 11 is 0. The Bertz CT molecular complexity index is 1650. The Hall–Kier alpha value is -3.96. The van der Waals surface area contributed by atoms with Crippen LogP contribution in [-0.4, -0.2) is 62.0 Å². The quantitative estimate of drug-likeness (QED) is 0.316. The number of nitrogens with one attached hydrogen (secondary N) is 3. The zero-order valence-electron chi connectivity index (χ0n) is 26.1. The van der Waals surface area contributed by atoms with Gasteiger partial charge in [0.25, 0.3) is 5.91 Å². The third-order valence-corrected chi connectivity index (χ3v) is 9.35. The monoisotopic (exact) mass is 622 g/mol. The SMILES string of the molecule is Cc1ccccc1C(=O)Nc1ccc(S(=O)(=O)NC(C)C2CCCN(C(=O)[C@H](C)NC(=O)OC(C)(C)C)C2)c2ccccc12. The molecular formula is C33H42N4O6S. The minimum atomic E-state index is -3.97. The van der Waals surface area contributed by atoms with E-state index in [0.29, 0.717) is 41.5 Å². The Morgan fingerprint density at radius 1 is 0.955 bits per heavy atom. The van der Waals surface area contributed by atoms with E-state index in [-0.39, 0.29) is 22.6 Å². The molecule has 0 radical (unpaired) electrons. The van der Waals surface area contributed by atoms with Crippen molar-refractivity contribution < 1.29 is 27.5 Å². The Morgan fingerprint density at radius 2 is 1.61 bits per heavy atom. The van der Waals surface area contributed by atoms with E-state index in [4.69, 9.17) is 4.74 Å². The third-order valence-electron chi connectivity index (χ3n) is 7.73. The lowest BCUT2D eigenvalue weighted by atomic mass is 9.92. The molecule has 0 spiro atoms. The first kappa shape index (κ1) is 32.9. The van der Waals surface area contributed by atoms with Crippen molar-refractivity contribution in [2.75, 3.05) is 18.4 Å². The average molecular weight is 623 g/mol. The van der Waals surface area contributed by atoms with E-state index < -0.39 is 33.8 Å². The molecule has 0 aliphatic carbocycles. The predicted molar refractivity (Wildman–Crippen MR) is 171 cm³/mol. The number of hydrogen-bond donors (Lipinski definition) is 3. The minimum Gasteiger partial charge on any atom is -0.444 e. The molecule has 1 aliphatic rings. The van der Waals surface area contributed by atoms with E-state index in [1.54, 1.807) is 82.0 Å². The number of likely N-dealkylation sites (tertiary alicyclic amines) is 1. The van der Waals surface area contributed by atoms with Gasteiger partial charge in [0.1, 0.15) is 11.6 Å². The van der Waals surface area contributed by atoms with Gasteiger partial charge in [-0.3, -0.25) is 9.59 Å². The number of carbonyl (C=O) groups is 3. The number of ether oxygens (including phenoxy) is 1. The zero-order valence-corrected chi connectivity index (χ0v) is 27.0. The largest absolute Gasteiger partial charge is 0.444 e. The standard InChI is InChI=1S/C33H42N4O6S/c1-21-12-7-8-14-25(21)30(38)35-28-17-18-29(27-16-10-9-15-26(27)28)44(41,42)36-22(2)24-13-11-19-37(20-24)31(39)23(3)34-32(40)43-33(4,5)6/h7-10,12,14-18,22-24,36H,11,13,19-20H2,1-6H3,(H,34,40)(H,35,38)/t22?,23-,24?/m0/s1. The molecule has 10 nitrogen and oxygen atoms in total. The summed E-state index contributed by atoms with van der Waals surface area (Å²) in [4.78, 5) is 40.1. The van der Waals surface area contributed by atoms with Crippen LogP contribution in [0, 0.1) is 12.8 Å². The highest BCUT2D eigenvalue weighted by Crippen LogP contribution is 2.31. The first-order valence-electron chi connectivity index (χ1n) is 14.9. The topological polar surface area (TPSA) is 134 Å². The van der Waals surface area contributed by atoms with Crippen LogP contribution in [-0.2, 0) is 19.6 Å². The van der Waals surface area contributed by atoms with Gasteiger partial charge in [0.05, 0.1) is 4.90 Å². The lowest BCUT2D eigenvalue weighted by Crippen LogP contribution is -2.53. The maximum absolute atomic E-state index is 13.7. The number of piperidine rings is 1. The number of benzene rings is 3. The molecule has 1 saturated heterocycles. The highest BCUT2D eigenvalue weighted by Gasteiger charge is 2.33. The first-order chi connectivity index (χ1) is 20.7. The number of aryl methyl sites for hydroxylation is 1. The van der Waals surface area contributed by atoms with Crippen molar-refractivity contribution >= 4 is 44.4 Å². The summed E-state index contributed by atoms with van der Waals surface area (Å²) in [5, 5.41) is 6.61. The number of sulfonamides is 1. The van der Waals surface area contributed by atoms with E-state index in [0.717, 1.165) is 12.0 Å². The van der Waals surface area contributed by atoms with E-state index in [9.17, 15) is 22.8 Å². The molecule has 3 N–H and O–H groups in total. The van der Waals surface area contributed by atoms with Crippen LogP contribution >= 0.6 is 0 Å². The number of hydrogen-bond acceptors (Lipinski definition) is 6. The minimum absolute atomic E-state index is 0.104. The molecule has 2 unspecified atom stereocenters. The lowest BCUT2D eigenvalue weighted by molar-refractivity contribution is -0.135. The fourth-order valence-corrected chi connectivity index (χ4v) is 7.00. The highest BCUT2D eigenvalue weighted by atomic mass is 32.2. The molecule has 1 aliphatic heterocycles. The molecule has 3 amide bonds. The van der Waals surface area contributed by atoms with Crippen LogP contribution in [0.1, 0.15) is 63.4 Å². The van der Waals surface area contributed by atoms with Crippen molar-refractivity contribution in [1.29, 1.82) is 0 Å². The Labute approximate surface area is 259 Å². The summed E-state index contributed by atoms with van der Waals surface area (Å²) in [6.45, 7) is 11.4. The smallest absolute Gasteiger partial charge is 0.408 e. The molecule has 3 aromatic carbocycles. The number of carbonyl (C=O) groups excluding carboxylic acids is 3. The summed E-state index contributed by atoms with van der Waals surface area (Å²) in [6, 6.07) is 16.2. The summed E-state index contributed by atoms with van der Waals surface area (Å²) in [5.74, 6) is -0.650. The van der Waals surface area contributed by atoms with Gasteiger partial charge in [-0.1, -0.05) is 42.5 Å². The fraction of sp³-hybridized carbons (Fsp3) is 0.424. The Kier molecular flexibility index (Phi) is 10.00. The van der Waals surface area contributed by atoms with Crippen molar-refractivity contribution in [1.82, 2.24) is 14.9 Å². The summed E-state index contributed by atoms with van der Waals surface area (Å²) < 4.78 is 35.5. The number of fused-ring (bicyclic) bond motifs is 1. The van der Waals surface area contributed by atoms with Crippen LogP contribution in [0.3, 0.4) is 0 Å². The maximum Gasteiger partial charge on any atom is 0.408 e. The number of nitrogens with zero attached hydrogens (tertiary/aromatic N) is 1. The first-order valence-corrected chi connectivity index (χ1v) is 16.3. The van der Waals surface area contributed by atoms with Crippen LogP contribution in [0.25, 0.3) is 10.8 Å². The van der Waals surface area contributed by atoms with Crippen molar-refractivity contribution in [3.05, 3.63) is 71.8 Å². The molecular weight excluding hydrogens is 580 g/mol. The van der Waals surface area contributed by atoms with Crippen LogP contribution in [0.4, 0.5) is 10.5 Å². The molecule has 3 aromatic rings. The van der Waals surface area contributed by atoms with E-state index in [1.165, 1.54) is 6.07 Å². The number of amides is 3. The molecule has 0 saturated carbocycles. The molecule has 3 atom stereocenters. The van der Waals surface area contributed by atoms with E-state index >= 15 is 0 Å². The number of anilines is 1. The van der Waals surface area contributed by atoms with E-state index in [1.807, 2.05) is 19.1 Å². The Balaban J connectivity index is 1.47. The maximum atomic E-state index is 13.7. The highest BCUT2D eigenvalue weighted by molar-refractivity contribution is 7.89. The molecule has 4 rings (SSSR count). The predicted octanol–water partition coefficient (Wildman–Crippen LogP) is 5.22. The Morgan fingerprint density at radius 3 is 2.30 bits per heavy atom. The van der Waals surface area contributed by atoms with Gasteiger partial charge in [0.2, 0.25) is 15.9 Å². The second-order valence-corrected chi connectivity index (χ2v) is 14.1. The van der Waals surface area contributed by atoms with E-state index in [2.05, 4.69) is 15.4 Å². The van der Waals surface area contributed by atoms with Gasteiger partial charge in [-0.05, 0) is 84.1 Å². The van der Waals surface area contributed by atoms with Crippen LogP contribution in [0.2, 0.25) is 0 Å². The summed E-state index contributed by atoms with van der Waals surface area (Å²) in [7, 11) is -3.97. The van der Waals surface area contributed by atoms with Crippen LogP contribution in [0.5, 0.6) is 0 Å². The average Bonchev–Trinajstić information content (AvgIpc) is 2.95. The van der Waals surface area contributed by atoms with Crippen molar-refractivity contribution in [2.24, 2.45) is 5.92 Å². The van der Waals surface area contributed by atoms with Gasteiger partial charge in [0.15, 0.2) is 0 Å². The number of rotatable bonds is 8. The number of alkyl carbamates (subject to hydrolysis) is 1. The van der Waals surface area contributed by atoms with Gasteiger partial charge >= 0.3 is 6.09 Å². The molecule has 236 valence electrons. The van der Waals surface area contributed by atoms with Gasteiger partial charge in [-0.2, -0.15) is 0 Å². The molecule has 1 fully saturated rings. The fourth-order valence-electron chi connectivity index (χ4n) is 5.47. The van der Waals surface area contributed by atoms with Crippen molar-refractivity contribution in [2.45, 2.75) is 77.0 Å². The molecule has 11 heteroatoms.